The summed E-state index contributed by atoms with van der Waals surface area (Å²) in [4.78, 5) is 23.1. The number of amides is 1. The van der Waals surface area contributed by atoms with Crippen molar-refractivity contribution in [1.29, 1.82) is 0 Å². The number of hydrazone groups is 1. The topological polar surface area (TPSA) is 112 Å². The van der Waals surface area contributed by atoms with Crippen molar-refractivity contribution in [1.82, 2.24) is 5.43 Å². The number of nitrogens with zero attached hydrogens (tertiary/aromatic N) is 2. The van der Waals surface area contributed by atoms with Crippen molar-refractivity contribution < 1.29 is 37.1 Å². The van der Waals surface area contributed by atoms with Crippen LogP contribution in [0.4, 0.5) is 18.9 Å². The highest BCUT2D eigenvalue weighted by Crippen LogP contribution is 2.41. The minimum atomic E-state index is -4.78. The molecule has 14 heteroatoms. The van der Waals surface area contributed by atoms with E-state index in [1.54, 1.807) is 18.2 Å². The maximum absolute atomic E-state index is 13.1. The quantitative estimate of drug-likeness (QED) is 0.105. The molecule has 9 nitrogen and oxygen atoms in total. The van der Waals surface area contributed by atoms with Gasteiger partial charge in [-0.1, -0.05) is 28.6 Å². The zero-order chi connectivity index (χ0) is 28.7. The average molecular weight is 673 g/mol. The Morgan fingerprint density at radius 3 is 2.49 bits per heavy atom. The van der Waals surface area contributed by atoms with Gasteiger partial charge in [0.25, 0.3) is 5.91 Å². The van der Waals surface area contributed by atoms with Crippen LogP contribution in [-0.4, -0.2) is 30.8 Å². The lowest BCUT2D eigenvalue weighted by Gasteiger charge is -2.13. The summed E-state index contributed by atoms with van der Waals surface area (Å²) in [5, 5.41) is 15.4. The molecule has 0 saturated heterocycles. The Kier molecular flexibility index (Phi) is 9.70. The van der Waals surface area contributed by atoms with Crippen LogP contribution in [-0.2, 0) is 6.18 Å². The Morgan fingerprint density at radius 1 is 1.13 bits per heavy atom. The van der Waals surface area contributed by atoms with E-state index in [9.17, 15) is 28.1 Å². The lowest BCUT2D eigenvalue weighted by Crippen LogP contribution is -2.17. The molecule has 0 saturated carbocycles. The fraction of sp³-hybridized carbons (Fsp3) is 0.120. The van der Waals surface area contributed by atoms with E-state index in [0.29, 0.717) is 32.6 Å². The van der Waals surface area contributed by atoms with Gasteiger partial charge in [-0.3, -0.25) is 14.9 Å². The summed E-state index contributed by atoms with van der Waals surface area (Å²) < 4.78 is 56.4. The van der Waals surface area contributed by atoms with Crippen LogP contribution in [0.25, 0.3) is 0 Å². The van der Waals surface area contributed by atoms with Crippen LogP contribution in [0.15, 0.2) is 75.2 Å². The summed E-state index contributed by atoms with van der Waals surface area (Å²) in [6.45, 7) is 3.81. The Balaban J connectivity index is 1.87. The number of halogens is 5. The molecule has 0 unspecified atom stereocenters. The normalized spacial score (nSPS) is 11.2. The first-order valence-electron chi connectivity index (χ1n) is 10.7. The zero-order valence-electron chi connectivity index (χ0n) is 19.9. The first kappa shape index (κ1) is 29.6. The summed E-state index contributed by atoms with van der Waals surface area (Å²) in [6.07, 6.45) is -2.01. The predicted octanol–water partition coefficient (Wildman–Crippen LogP) is 7.27. The highest BCUT2D eigenvalue weighted by Gasteiger charge is 2.33. The lowest BCUT2D eigenvalue weighted by molar-refractivity contribution is -0.385. The number of alkyl halides is 3. The van der Waals surface area contributed by atoms with Crippen molar-refractivity contribution in [2.45, 2.75) is 6.18 Å². The SMILES string of the molecule is C=CCOc1ccc(C(=O)N/N=C/c2cc(Br)cc(Br)c2Oc2ccc(C(F)(F)F)cc2[N+](=O)[O-])cc1OC. The van der Waals surface area contributed by atoms with E-state index in [1.165, 1.54) is 31.5 Å². The zero-order valence-corrected chi connectivity index (χ0v) is 23.1. The van der Waals surface area contributed by atoms with Crippen LogP contribution >= 0.6 is 31.9 Å². The number of carbonyl (C=O) groups excluding carboxylic acids is 1. The van der Waals surface area contributed by atoms with Gasteiger partial charge in [-0.05, 0) is 58.4 Å². The third kappa shape index (κ3) is 7.57. The second-order valence-corrected chi connectivity index (χ2v) is 9.28. The van der Waals surface area contributed by atoms with E-state index in [4.69, 9.17) is 14.2 Å². The molecule has 0 aliphatic rings. The van der Waals surface area contributed by atoms with E-state index >= 15 is 0 Å². The third-order valence-corrected chi connectivity index (χ3v) is 5.93. The molecule has 1 N–H and O–H groups in total. The van der Waals surface area contributed by atoms with Crippen molar-refractivity contribution in [2.24, 2.45) is 5.10 Å². The number of rotatable bonds is 10. The van der Waals surface area contributed by atoms with E-state index in [0.717, 1.165) is 6.07 Å². The van der Waals surface area contributed by atoms with E-state index in [-0.39, 0.29) is 23.5 Å². The summed E-state index contributed by atoms with van der Waals surface area (Å²) in [6, 6.07) is 9.51. The largest absolute Gasteiger partial charge is 0.493 e. The number of benzene rings is 3. The van der Waals surface area contributed by atoms with Gasteiger partial charge in [-0.25, -0.2) is 5.43 Å². The summed E-state index contributed by atoms with van der Waals surface area (Å²) in [5.41, 5.74) is 0.707. The number of carbonyl (C=O) groups is 1. The highest BCUT2D eigenvalue weighted by atomic mass is 79.9. The van der Waals surface area contributed by atoms with Crippen molar-refractivity contribution in [3.63, 3.8) is 0 Å². The molecular formula is C25H18Br2F3N3O6. The monoisotopic (exact) mass is 671 g/mol. The molecule has 3 aromatic carbocycles. The average Bonchev–Trinajstić information content (AvgIpc) is 2.88. The molecule has 0 fully saturated rings. The second-order valence-electron chi connectivity index (χ2n) is 7.51. The van der Waals surface area contributed by atoms with E-state index < -0.39 is 34.0 Å². The van der Waals surface area contributed by atoms with Crippen molar-refractivity contribution in [3.8, 4) is 23.0 Å². The van der Waals surface area contributed by atoms with Crippen LogP contribution in [0.3, 0.4) is 0 Å². The Morgan fingerprint density at radius 2 is 1.85 bits per heavy atom. The molecular weight excluding hydrogens is 655 g/mol. The minimum Gasteiger partial charge on any atom is -0.493 e. The molecule has 204 valence electrons. The first-order valence-corrected chi connectivity index (χ1v) is 12.3. The molecule has 0 bridgehead atoms. The summed E-state index contributed by atoms with van der Waals surface area (Å²) in [7, 11) is 1.42. The molecule has 0 radical (unpaired) electrons. The number of nitro groups is 1. The lowest BCUT2D eigenvalue weighted by atomic mass is 10.1. The Hall–Kier alpha value is -3.91. The second kappa shape index (κ2) is 12.8. The van der Waals surface area contributed by atoms with Crippen molar-refractivity contribution in [3.05, 3.63) is 96.9 Å². The molecule has 1 amide bonds. The van der Waals surface area contributed by atoms with Gasteiger partial charge >= 0.3 is 11.9 Å². The number of hydrogen-bond acceptors (Lipinski definition) is 7. The van der Waals surface area contributed by atoms with Crippen LogP contribution in [0, 0.1) is 10.1 Å². The minimum absolute atomic E-state index is 0.00412. The molecule has 0 aliphatic heterocycles. The maximum Gasteiger partial charge on any atom is 0.416 e. The smallest absolute Gasteiger partial charge is 0.416 e. The van der Waals surface area contributed by atoms with Gasteiger partial charge in [0.2, 0.25) is 5.75 Å². The van der Waals surface area contributed by atoms with Gasteiger partial charge in [0, 0.05) is 21.7 Å². The van der Waals surface area contributed by atoms with E-state index in [2.05, 4.69) is 49.0 Å². The van der Waals surface area contributed by atoms with Gasteiger partial charge < -0.3 is 14.2 Å². The van der Waals surface area contributed by atoms with Gasteiger partial charge in [-0.2, -0.15) is 18.3 Å². The standard InChI is InChI=1S/C25H18Br2F3N3O6/c1-3-8-38-21-6-4-14(10-22(21)37-2)24(34)32-31-13-15-9-17(26)12-18(27)23(15)39-20-7-5-16(25(28,29)30)11-19(20)33(35)36/h3-7,9-13H,1,8H2,2H3,(H,32,34)/b31-13+. The van der Waals surface area contributed by atoms with Crippen LogP contribution < -0.4 is 19.6 Å². The molecule has 0 atom stereocenters. The number of methoxy groups -OCH3 is 1. The van der Waals surface area contributed by atoms with Gasteiger partial charge in [-0.15, -0.1) is 0 Å². The van der Waals surface area contributed by atoms with Crippen molar-refractivity contribution >= 4 is 49.7 Å². The van der Waals surface area contributed by atoms with E-state index in [1.807, 2.05) is 0 Å². The molecule has 3 rings (SSSR count). The fourth-order valence-electron chi connectivity index (χ4n) is 3.12. The van der Waals surface area contributed by atoms with Gasteiger partial charge in [0.1, 0.15) is 6.61 Å². The first-order chi connectivity index (χ1) is 18.4. The third-order valence-electron chi connectivity index (χ3n) is 4.88. The number of hydrogen-bond donors (Lipinski definition) is 1. The predicted molar refractivity (Wildman–Crippen MR) is 144 cm³/mol. The molecule has 39 heavy (non-hydrogen) atoms. The molecule has 0 aromatic heterocycles. The number of ether oxygens (including phenoxy) is 3. The molecule has 3 aromatic rings. The van der Waals surface area contributed by atoms with Crippen LogP contribution in [0.2, 0.25) is 0 Å². The number of nitrogens with one attached hydrogen (secondary N) is 1. The fourth-order valence-corrected chi connectivity index (χ4v) is 4.46. The molecule has 0 spiro atoms. The summed E-state index contributed by atoms with van der Waals surface area (Å²) >= 11 is 6.58. The van der Waals surface area contributed by atoms with Gasteiger partial charge in [0.05, 0.1) is 28.3 Å². The van der Waals surface area contributed by atoms with Gasteiger partial charge in [0.15, 0.2) is 17.2 Å². The summed E-state index contributed by atoms with van der Waals surface area (Å²) in [5.74, 6) is -0.284. The Labute approximate surface area is 236 Å². The highest BCUT2D eigenvalue weighted by molar-refractivity contribution is 9.11. The molecule has 0 aliphatic carbocycles. The number of nitro benzene ring substituents is 1. The van der Waals surface area contributed by atoms with Crippen molar-refractivity contribution in [2.75, 3.05) is 13.7 Å². The Bertz CT molecular complexity index is 1450. The maximum atomic E-state index is 13.1. The molecule has 0 heterocycles. The van der Waals surface area contributed by atoms with Crippen LogP contribution in [0.1, 0.15) is 21.5 Å². The van der Waals surface area contributed by atoms with Crippen LogP contribution in [0.5, 0.6) is 23.0 Å².